The van der Waals surface area contributed by atoms with Crippen LogP contribution in [-0.2, 0) is 4.79 Å². The van der Waals surface area contributed by atoms with Gasteiger partial charge >= 0.3 is 0 Å². The number of furan rings is 1. The van der Waals surface area contributed by atoms with Crippen LogP contribution in [0, 0.1) is 13.8 Å². The topological polar surface area (TPSA) is 75.4 Å². The van der Waals surface area contributed by atoms with E-state index < -0.39 is 0 Å². The van der Waals surface area contributed by atoms with Crippen molar-refractivity contribution in [3.8, 4) is 11.3 Å². The summed E-state index contributed by atoms with van der Waals surface area (Å²) in [6.45, 7) is 7.59. The molecule has 0 radical (unpaired) electrons. The number of carbonyl (C=O) groups is 2. The lowest BCUT2D eigenvalue weighted by atomic mass is 10.1. The van der Waals surface area contributed by atoms with Crippen molar-refractivity contribution in [1.29, 1.82) is 0 Å². The summed E-state index contributed by atoms with van der Waals surface area (Å²) >= 11 is 1.33. The van der Waals surface area contributed by atoms with E-state index in [0.717, 1.165) is 28.3 Å². The van der Waals surface area contributed by atoms with E-state index in [0.29, 0.717) is 16.4 Å². The average molecular weight is 379 g/mol. The molecule has 1 N–H and O–H groups in total. The van der Waals surface area contributed by atoms with Gasteiger partial charge in [-0.2, -0.15) is 0 Å². The molecule has 0 saturated carbocycles. The highest BCUT2D eigenvalue weighted by Gasteiger charge is 2.32. The van der Waals surface area contributed by atoms with Gasteiger partial charge in [0.2, 0.25) is 5.91 Å². The molecule has 1 aromatic carbocycles. The highest BCUT2D eigenvalue weighted by atomic mass is 32.1. The predicted octanol–water partition coefficient (Wildman–Crippen LogP) is 4.09. The number of hydrogen-bond acceptors (Lipinski definition) is 5. The third-order valence-corrected chi connectivity index (χ3v) is 5.17. The molecule has 1 aliphatic heterocycles. The van der Waals surface area contributed by atoms with Crippen LogP contribution in [0.3, 0.4) is 0 Å². The molecule has 136 valence electrons. The Hall–Kier alpha value is -3.19. The summed E-state index contributed by atoms with van der Waals surface area (Å²) in [5.41, 5.74) is 3.52. The van der Waals surface area contributed by atoms with Crippen molar-refractivity contribution in [2.24, 2.45) is 0 Å². The van der Waals surface area contributed by atoms with E-state index in [9.17, 15) is 9.59 Å². The van der Waals surface area contributed by atoms with Crippen molar-refractivity contribution in [2.75, 3.05) is 11.9 Å². The Labute approximate surface area is 160 Å². The lowest BCUT2D eigenvalue weighted by Gasteiger charge is -2.16. The fourth-order valence-electron chi connectivity index (χ4n) is 3.14. The van der Waals surface area contributed by atoms with Gasteiger partial charge in [-0.25, -0.2) is 4.98 Å². The molecule has 6 nitrogen and oxygen atoms in total. The zero-order chi connectivity index (χ0) is 19.1. The largest absolute Gasteiger partial charge is 0.466 e. The second-order valence-electron chi connectivity index (χ2n) is 6.30. The van der Waals surface area contributed by atoms with Crippen LogP contribution in [0.15, 0.2) is 46.7 Å². The number of nitrogens with one attached hydrogen (secondary N) is 1. The van der Waals surface area contributed by atoms with Gasteiger partial charge in [0.15, 0.2) is 5.13 Å². The number of aromatic nitrogens is 1. The molecule has 3 aromatic rings. The fraction of sp³-hybridized carbons (Fsp3) is 0.150. The number of fused-ring (bicyclic) bond motifs is 1. The van der Waals surface area contributed by atoms with E-state index >= 15 is 0 Å². The molecule has 0 unspecified atom stereocenters. The van der Waals surface area contributed by atoms with Crippen molar-refractivity contribution in [1.82, 2.24) is 9.88 Å². The minimum Gasteiger partial charge on any atom is -0.466 e. The Morgan fingerprint density at radius 1 is 1.26 bits per heavy atom. The summed E-state index contributed by atoms with van der Waals surface area (Å²) in [5, 5.41) is 5.09. The van der Waals surface area contributed by atoms with Crippen molar-refractivity contribution in [3.05, 3.63) is 64.9 Å². The third-order valence-electron chi connectivity index (χ3n) is 4.41. The summed E-state index contributed by atoms with van der Waals surface area (Å²) < 4.78 is 5.53. The summed E-state index contributed by atoms with van der Waals surface area (Å²) in [7, 11) is 0. The maximum absolute atomic E-state index is 12.5. The van der Waals surface area contributed by atoms with Crippen LogP contribution >= 0.6 is 11.3 Å². The average Bonchev–Trinajstić information content (AvgIpc) is 3.29. The van der Waals surface area contributed by atoms with Crippen molar-refractivity contribution in [3.63, 3.8) is 0 Å². The van der Waals surface area contributed by atoms with Crippen molar-refractivity contribution >= 4 is 34.0 Å². The Kier molecular flexibility index (Phi) is 4.16. The number of hydrogen-bond donors (Lipinski definition) is 1. The van der Waals surface area contributed by atoms with Gasteiger partial charge in [-0.05, 0) is 26.0 Å². The fourth-order valence-corrected chi connectivity index (χ4v) is 3.87. The van der Waals surface area contributed by atoms with Crippen LogP contribution in [0.4, 0.5) is 5.13 Å². The van der Waals surface area contributed by atoms with Gasteiger partial charge in [-0.15, -0.1) is 11.3 Å². The number of benzene rings is 1. The van der Waals surface area contributed by atoms with Crippen molar-refractivity contribution in [2.45, 2.75) is 13.8 Å². The number of amides is 2. The van der Waals surface area contributed by atoms with Gasteiger partial charge in [-0.1, -0.05) is 24.8 Å². The second-order valence-corrected chi connectivity index (χ2v) is 7.15. The zero-order valence-electron chi connectivity index (χ0n) is 14.9. The standard InChI is InChI=1S/C20H17N3O3S/c1-11-8-16(13(3)26-11)17-10-27-20(21-17)22-18(24)9-23-12(2)14-6-4-5-7-15(14)19(23)25/h4-8,10H,2,9H2,1,3H3,(H,21,22,24). The smallest absolute Gasteiger partial charge is 0.259 e. The zero-order valence-corrected chi connectivity index (χ0v) is 15.7. The first kappa shape index (κ1) is 17.2. The number of thiazole rings is 1. The molecule has 0 aliphatic carbocycles. The van der Waals surface area contributed by atoms with Gasteiger partial charge in [0, 0.05) is 27.8 Å². The van der Waals surface area contributed by atoms with Crippen LogP contribution in [0.1, 0.15) is 27.4 Å². The van der Waals surface area contributed by atoms with Crippen LogP contribution < -0.4 is 5.32 Å². The molecule has 0 atom stereocenters. The summed E-state index contributed by atoms with van der Waals surface area (Å²) in [6.07, 6.45) is 0. The number of aryl methyl sites for hydroxylation is 2. The molecule has 1 aliphatic rings. The van der Waals surface area contributed by atoms with Crippen molar-refractivity contribution < 1.29 is 14.0 Å². The van der Waals surface area contributed by atoms with Crippen LogP contribution in [0.2, 0.25) is 0 Å². The first-order valence-corrected chi connectivity index (χ1v) is 9.25. The molecular formula is C20H17N3O3S. The Morgan fingerprint density at radius 2 is 2.00 bits per heavy atom. The molecule has 0 fully saturated rings. The van der Waals surface area contributed by atoms with Gasteiger partial charge in [0.25, 0.3) is 5.91 Å². The number of nitrogens with zero attached hydrogens (tertiary/aromatic N) is 2. The highest BCUT2D eigenvalue weighted by Crippen LogP contribution is 2.32. The minimum atomic E-state index is -0.321. The Bertz CT molecular complexity index is 1040. The molecule has 0 spiro atoms. The number of carbonyl (C=O) groups excluding carboxylic acids is 2. The van der Waals surface area contributed by atoms with Crippen LogP contribution in [0.5, 0.6) is 0 Å². The van der Waals surface area contributed by atoms with Crippen LogP contribution in [0.25, 0.3) is 17.0 Å². The molecule has 27 heavy (non-hydrogen) atoms. The SMILES string of the molecule is C=C1c2ccccc2C(=O)N1CC(=O)Nc1nc(-c2cc(C)oc2C)cs1. The normalized spacial score (nSPS) is 13.2. The van der Waals surface area contributed by atoms with Gasteiger partial charge in [-0.3, -0.25) is 14.5 Å². The van der Waals surface area contributed by atoms with E-state index in [1.807, 2.05) is 37.4 Å². The molecule has 2 amide bonds. The summed E-state index contributed by atoms with van der Waals surface area (Å²) in [6, 6.07) is 9.13. The molecule has 4 rings (SSSR count). The van der Waals surface area contributed by atoms with Gasteiger partial charge < -0.3 is 9.73 Å². The second kappa shape index (κ2) is 6.51. The molecule has 0 bridgehead atoms. The van der Waals surface area contributed by atoms with Crippen LogP contribution in [-0.4, -0.2) is 28.2 Å². The predicted molar refractivity (Wildman–Crippen MR) is 104 cm³/mol. The molecule has 2 aromatic heterocycles. The molecule has 7 heteroatoms. The molecule has 0 saturated heterocycles. The Balaban J connectivity index is 1.46. The molecule has 3 heterocycles. The first-order chi connectivity index (χ1) is 12.9. The highest BCUT2D eigenvalue weighted by molar-refractivity contribution is 7.14. The van der Waals surface area contributed by atoms with Gasteiger partial charge in [0.05, 0.1) is 5.69 Å². The van der Waals surface area contributed by atoms with E-state index in [-0.39, 0.29) is 18.4 Å². The molecular weight excluding hydrogens is 362 g/mol. The monoisotopic (exact) mass is 379 g/mol. The number of rotatable bonds is 4. The summed E-state index contributed by atoms with van der Waals surface area (Å²) in [4.78, 5) is 30.7. The minimum absolute atomic E-state index is 0.106. The quantitative estimate of drug-likeness (QED) is 0.741. The Morgan fingerprint density at radius 3 is 2.67 bits per heavy atom. The maximum atomic E-state index is 12.5. The van der Waals surface area contributed by atoms with E-state index in [1.165, 1.54) is 16.2 Å². The first-order valence-electron chi connectivity index (χ1n) is 8.37. The third kappa shape index (κ3) is 3.06. The van der Waals surface area contributed by atoms with E-state index in [1.54, 1.807) is 12.1 Å². The van der Waals surface area contributed by atoms with E-state index in [4.69, 9.17) is 4.42 Å². The summed E-state index contributed by atoms with van der Waals surface area (Å²) in [5.74, 6) is 1.06. The lowest BCUT2D eigenvalue weighted by Crippen LogP contribution is -2.32. The van der Waals surface area contributed by atoms with Gasteiger partial charge in [0.1, 0.15) is 18.1 Å². The number of anilines is 1. The van der Waals surface area contributed by atoms with E-state index in [2.05, 4.69) is 16.9 Å². The lowest BCUT2D eigenvalue weighted by molar-refractivity contribution is -0.116. The maximum Gasteiger partial charge on any atom is 0.259 e.